The predicted octanol–water partition coefficient (Wildman–Crippen LogP) is 0.964. The Morgan fingerprint density at radius 1 is 1.32 bits per heavy atom. The molecule has 2 rings (SSSR count). The van der Waals surface area contributed by atoms with Gasteiger partial charge in [-0.1, -0.05) is 34.8 Å². The lowest BCUT2D eigenvalue weighted by Crippen LogP contribution is -2.42. The molecule has 6 nitrogen and oxygen atoms in total. The van der Waals surface area contributed by atoms with E-state index in [1.165, 1.54) is 6.20 Å². The lowest BCUT2D eigenvalue weighted by atomic mass is 10.1. The molecule has 0 spiro atoms. The minimum absolute atomic E-state index is 0.230. The third kappa shape index (κ3) is 3.59. The lowest BCUT2D eigenvalue weighted by molar-refractivity contribution is -0.139. The molecule has 19 heavy (non-hydrogen) atoms. The van der Waals surface area contributed by atoms with Crippen molar-refractivity contribution in [1.82, 2.24) is 14.9 Å². The molecule has 2 aromatic rings. The van der Waals surface area contributed by atoms with Gasteiger partial charge in [-0.3, -0.25) is 4.79 Å². The molecule has 0 aliphatic carbocycles. The van der Waals surface area contributed by atoms with E-state index in [-0.39, 0.29) is 6.42 Å². The number of hydrogen-bond donors (Lipinski definition) is 2. The highest BCUT2D eigenvalue weighted by Crippen LogP contribution is 2.06. The zero-order chi connectivity index (χ0) is 13.7. The Kier molecular flexibility index (Phi) is 4.19. The molecule has 0 radical (unpaired) electrons. The van der Waals surface area contributed by atoms with Gasteiger partial charge in [0, 0.05) is 6.42 Å². The van der Waals surface area contributed by atoms with Gasteiger partial charge in [-0.05, 0) is 17.1 Å². The highest BCUT2D eigenvalue weighted by Gasteiger charge is 2.21. The molecule has 1 aromatic carbocycles. The van der Waals surface area contributed by atoms with Gasteiger partial charge in [-0.15, -0.1) is 5.10 Å². The first-order valence-electron chi connectivity index (χ1n) is 5.52. The van der Waals surface area contributed by atoms with Crippen LogP contribution in [-0.2, 0) is 11.2 Å². The van der Waals surface area contributed by atoms with E-state index in [0.717, 1.165) is 17.1 Å². The minimum Gasteiger partial charge on any atom is -0.480 e. The zero-order valence-electron chi connectivity index (χ0n) is 9.81. The quantitative estimate of drug-likeness (QED) is 0.849. The van der Waals surface area contributed by atoms with Gasteiger partial charge in [0.25, 0.3) is 5.91 Å². The van der Waals surface area contributed by atoms with Crippen LogP contribution in [0.3, 0.4) is 0 Å². The van der Waals surface area contributed by atoms with Crippen LogP contribution in [0.25, 0.3) is 0 Å². The molecule has 2 N–H and O–H groups in total. The van der Waals surface area contributed by atoms with Crippen LogP contribution in [0.5, 0.6) is 0 Å². The van der Waals surface area contributed by atoms with E-state index < -0.39 is 17.9 Å². The highest BCUT2D eigenvalue weighted by atomic mass is 32.1. The van der Waals surface area contributed by atoms with Crippen molar-refractivity contribution >= 4 is 23.4 Å². The molecule has 7 heteroatoms. The molecular formula is C12H11N3O3S. The van der Waals surface area contributed by atoms with E-state index in [4.69, 9.17) is 5.11 Å². The largest absolute Gasteiger partial charge is 0.480 e. The molecule has 0 unspecified atom stereocenters. The van der Waals surface area contributed by atoms with Crippen LogP contribution < -0.4 is 5.32 Å². The monoisotopic (exact) mass is 277 g/mol. The molecule has 1 atom stereocenters. The number of nitrogens with zero attached hydrogens (tertiary/aromatic N) is 2. The second-order valence-electron chi connectivity index (χ2n) is 3.84. The van der Waals surface area contributed by atoms with Crippen molar-refractivity contribution < 1.29 is 14.7 Å². The van der Waals surface area contributed by atoms with Gasteiger partial charge in [0.15, 0.2) is 0 Å². The number of carbonyl (C=O) groups excluding carboxylic acids is 1. The third-order valence-corrected chi connectivity index (χ3v) is 3.13. The predicted molar refractivity (Wildman–Crippen MR) is 68.9 cm³/mol. The number of benzene rings is 1. The van der Waals surface area contributed by atoms with Gasteiger partial charge < -0.3 is 10.4 Å². The smallest absolute Gasteiger partial charge is 0.326 e. The summed E-state index contributed by atoms with van der Waals surface area (Å²) in [5, 5.41) is 15.1. The summed E-state index contributed by atoms with van der Waals surface area (Å²) in [6.07, 6.45) is 1.54. The highest BCUT2D eigenvalue weighted by molar-refractivity contribution is 7.07. The van der Waals surface area contributed by atoms with Crippen LogP contribution in [0.15, 0.2) is 36.5 Å². The van der Waals surface area contributed by atoms with Crippen LogP contribution >= 0.6 is 11.5 Å². The number of aromatic nitrogens is 2. The number of hydrogen-bond acceptors (Lipinski definition) is 5. The second kappa shape index (κ2) is 6.05. The van der Waals surface area contributed by atoms with Crippen LogP contribution in [0.1, 0.15) is 15.2 Å². The van der Waals surface area contributed by atoms with Gasteiger partial charge in [0.2, 0.25) is 0 Å². The second-order valence-corrected chi connectivity index (χ2v) is 4.62. The Balaban J connectivity index is 2.05. The SMILES string of the molecule is O=C(N[C@H](Cc1ccccc1)C(=O)O)c1cnns1. The van der Waals surface area contributed by atoms with Crippen LogP contribution in [0.2, 0.25) is 0 Å². The zero-order valence-corrected chi connectivity index (χ0v) is 10.6. The summed E-state index contributed by atoms with van der Waals surface area (Å²) in [6, 6.07) is 8.15. The maximum atomic E-state index is 11.8. The van der Waals surface area contributed by atoms with E-state index in [1.54, 1.807) is 0 Å². The van der Waals surface area contributed by atoms with Gasteiger partial charge in [-0.25, -0.2) is 4.79 Å². The van der Waals surface area contributed by atoms with Gasteiger partial charge in [-0.2, -0.15) is 0 Å². The third-order valence-electron chi connectivity index (χ3n) is 2.47. The first-order valence-corrected chi connectivity index (χ1v) is 6.29. The molecule has 0 saturated carbocycles. The standard InChI is InChI=1S/C12H11N3O3S/c16-11(10-7-13-15-19-10)14-9(12(17)18)6-8-4-2-1-3-5-8/h1-5,7,9H,6H2,(H,14,16)(H,17,18)/t9-/m1/s1. The summed E-state index contributed by atoms with van der Waals surface area (Å²) in [6.45, 7) is 0. The fourth-order valence-electron chi connectivity index (χ4n) is 1.55. The van der Waals surface area contributed by atoms with Crippen molar-refractivity contribution in [2.45, 2.75) is 12.5 Å². The van der Waals surface area contributed by atoms with Crippen molar-refractivity contribution in [3.8, 4) is 0 Å². The number of carboxylic acids is 1. The number of carbonyl (C=O) groups is 2. The summed E-state index contributed by atoms with van der Waals surface area (Å²) in [5.41, 5.74) is 0.845. The van der Waals surface area contributed by atoms with E-state index in [2.05, 4.69) is 14.9 Å². The number of amides is 1. The number of aliphatic carboxylic acids is 1. The fourth-order valence-corrected chi connectivity index (χ4v) is 1.96. The number of rotatable bonds is 5. The molecule has 1 amide bonds. The normalized spacial score (nSPS) is 11.8. The minimum atomic E-state index is -1.07. The molecular weight excluding hydrogens is 266 g/mol. The molecule has 0 bridgehead atoms. The van der Waals surface area contributed by atoms with Crippen molar-refractivity contribution in [2.24, 2.45) is 0 Å². The number of carboxylic acid groups (broad SMARTS) is 1. The van der Waals surface area contributed by atoms with Crippen LogP contribution in [-0.4, -0.2) is 32.6 Å². The maximum Gasteiger partial charge on any atom is 0.326 e. The molecule has 0 aliphatic rings. The average molecular weight is 277 g/mol. The Hall–Kier alpha value is -2.28. The Bertz CT molecular complexity index is 557. The Morgan fingerprint density at radius 2 is 2.05 bits per heavy atom. The molecule has 98 valence electrons. The average Bonchev–Trinajstić information content (AvgIpc) is 2.93. The first-order chi connectivity index (χ1) is 9.16. The Morgan fingerprint density at radius 3 is 2.63 bits per heavy atom. The van der Waals surface area contributed by atoms with Gasteiger partial charge in [0.05, 0.1) is 6.20 Å². The molecule has 1 aromatic heterocycles. The van der Waals surface area contributed by atoms with Crippen molar-refractivity contribution in [2.75, 3.05) is 0 Å². The summed E-state index contributed by atoms with van der Waals surface area (Å²) in [5.74, 6) is -1.55. The lowest BCUT2D eigenvalue weighted by Gasteiger charge is -2.13. The van der Waals surface area contributed by atoms with E-state index in [0.29, 0.717) is 4.88 Å². The summed E-state index contributed by atoms with van der Waals surface area (Å²) < 4.78 is 3.56. The molecule has 0 fully saturated rings. The fraction of sp³-hybridized carbons (Fsp3) is 0.167. The van der Waals surface area contributed by atoms with Crippen molar-refractivity contribution in [3.05, 3.63) is 47.0 Å². The first kappa shape index (κ1) is 13.2. The topological polar surface area (TPSA) is 92.2 Å². The van der Waals surface area contributed by atoms with Gasteiger partial charge in [0.1, 0.15) is 10.9 Å². The van der Waals surface area contributed by atoms with Crippen molar-refractivity contribution in [3.63, 3.8) is 0 Å². The Labute approximate surface area is 113 Å². The molecule has 0 aliphatic heterocycles. The number of nitrogens with one attached hydrogen (secondary N) is 1. The van der Waals surface area contributed by atoms with Crippen molar-refractivity contribution in [1.29, 1.82) is 0 Å². The van der Waals surface area contributed by atoms with E-state index in [1.807, 2.05) is 30.3 Å². The maximum absolute atomic E-state index is 11.8. The molecule has 1 heterocycles. The van der Waals surface area contributed by atoms with E-state index in [9.17, 15) is 9.59 Å². The van der Waals surface area contributed by atoms with Crippen LogP contribution in [0, 0.1) is 0 Å². The summed E-state index contributed by atoms with van der Waals surface area (Å²) in [4.78, 5) is 23.2. The summed E-state index contributed by atoms with van der Waals surface area (Å²) in [7, 11) is 0. The van der Waals surface area contributed by atoms with Crippen LogP contribution in [0.4, 0.5) is 0 Å². The van der Waals surface area contributed by atoms with Gasteiger partial charge >= 0.3 is 5.97 Å². The molecule has 0 saturated heterocycles. The summed E-state index contributed by atoms with van der Waals surface area (Å²) >= 11 is 0.925. The van der Waals surface area contributed by atoms with E-state index >= 15 is 0 Å².